The van der Waals surface area contributed by atoms with Gasteiger partial charge in [-0.25, -0.2) is 4.39 Å². The van der Waals surface area contributed by atoms with E-state index in [1.165, 1.54) is 10.9 Å². The maximum Gasteiger partial charge on any atom is 0.128 e. The van der Waals surface area contributed by atoms with Crippen molar-refractivity contribution in [1.82, 2.24) is 0 Å². The SMILES string of the molecule is Cc1cc(NC(c2cccs2)C(C)C)c(N)cc1F. The second-order valence-electron chi connectivity index (χ2n) is 5.07. The number of benzene rings is 1. The van der Waals surface area contributed by atoms with Crippen LogP contribution in [0.1, 0.15) is 30.3 Å². The van der Waals surface area contributed by atoms with E-state index < -0.39 is 0 Å². The Balaban J connectivity index is 2.30. The van der Waals surface area contributed by atoms with Crippen molar-refractivity contribution < 1.29 is 4.39 Å². The zero-order valence-electron chi connectivity index (χ0n) is 11.4. The minimum Gasteiger partial charge on any atom is -0.397 e. The topological polar surface area (TPSA) is 38.0 Å². The molecule has 1 aromatic carbocycles. The number of hydrogen-bond donors (Lipinski definition) is 2. The van der Waals surface area contributed by atoms with Gasteiger partial charge in [-0.2, -0.15) is 0 Å². The quantitative estimate of drug-likeness (QED) is 0.803. The minimum atomic E-state index is -0.264. The van der Waals surface area contributed by atoms with E-state index in [9.17, 15) is 4.39 Å². The second kappa shape index (κ2) is 5.61. The molecule has 1 atom stereocenters. The van der Waals surface area contributed by atoms with Crippen LogP contribution in [0, 0.1) is 18.7 Å². The molecule has 0 aliphatic carbocycles. The maximum atomic E-state index is 13.4. The summed E-state index contributed by atoms with van der Waals surface area (Å²) in [6, 6.07) is 7.48. The summed E-state index contributed by atoms with van der Waals surface area (Å²) in [5.74, 6) is 0.156. The molecule has 0 amide bonds. The normalized spacial score (nSPS) is 12.7. The van der Waals surface area contributed by atoms with E-state index in [0.29, 0.717) is 17.2 Å². The first kappa shape index (κ1) is 13.9. The van der Waals surface area contributed by atoms with Crippen LogP contribution in [-0.4, -0.2) is 0 Å². The number of halogens is 1. The Morgan fingerprint density at radius 2 is 2.05 bits per heavy atom. The number of aryl methyl sites for hydroxylation is 1. The van der Waals surface area contributed by atoms with Gasteiger partial charge in [-0.05, 0) is 42.0 Å². The summed E-state index contributed by atoms with van der Waals surface area (Å²) in [6.45, 7) is 6.06. The first-order valence-corrected chi connectivity index (χ1v) is 7.22. The van der Waals surface area contributed by atoms with E-state index in [1.54, 1.807) is 24.3 Å². The van der Waals surface area contributed by atoms with Crippen LogP contribution in [0.3, 0.4) is 0 Å². The highest BCUT2D eigenvalue weighted by Gasteiger charge is 2.18. The lowest BCUT2D eigenvalue weighted by molar-refractivity contribution is 0.553. The molecule has 2 aromatic rings. The summed E-state index contributed by atoms with van der Waals surface area (Å²) in [5.41, 5.74) is 7.74. The zero-order valence-corrected chi connectivity index (χ0v) is 12.2. The fourth-order valence-corrected chi connectivity index (χ4v) is 2.97. The second-order valence-corrected chi connectivity index (χ2v) is 6.05. The van der Waals surface area contributed by atoms with Crippen LogP contribution < -0.4 is 11.1 Å². The average molecular weight is 278 g/mol. The fourth-order valence-electron chi connectivity index (χ4n) is 2.02. The predicted octanol–water partition coefficient (Wildman–Crippen LogP) is 4.59. The molecule has 0 bridgehead atoms. The molecular weight excluding hydrogens is 259 g/mol. The molecule has 4 heteroatoms. The van der Waals surface area contributed by atoms with Crippen molar-refractivity contribution in [1.29, 1.82) is 0 Å². The van der Waals surface area contributed by atoms with Gasteiger partial charge in [0, 0.05) is 4.88 Å². The van der Waals surface area contributed by atoms with Gasteiger partial charge in [0.1, 0.15) is 5.82 Å². The van der Waals surface area contributed by atoms with E-state index in [1.807, 2.05) is 6.07 Å². The molecule has 1 aromatic heterocycles. The van der Waals surface area contributed by atoms with Crippen LogP contribution in [-0.2, 0) is 0 Å². The molecule has 2 nitrogen and oxygen atoms in total. The molecule has 1 unspecified atom stereocenters. The lowest BCUT2D eigenvalue weighted by Crippen LogP contribution is -2.16. The van der Waals surface area contributed by atoms with Crippen molar-refractivity contribution >= 4 is 22.7 Å². The summed E-state index contributed by atoms with van der Waals surface area (Å²) in [4.78, 5) is 1.26. The fraction of sp³-hybridized carbons (Fsp3) is 0.333. The molecule has 0 aliphatic rings. The third-order valence-corrected chi connectivity index (χ3v) is 4.11. The lowest BCUT2D eigenvalue weighted by atomic mass is 10.0. The monoisotopic (exact) mass is 278 g/mol. The third-order valence-electron chi connectivity index (χ3n) is 3.16. The van der Waals surface area contributed by atoms with E-state index in [-0.39, 0.29) is 11.9 Å². The van der Waals surface area contributed by atoms with Crippen molar-refractivity contribution in [3.8, 4) is 0 Å². The molecule has 2 rings (SSSR count). The van der Waals surface area contributed by atoms with E-state index in [4.69, 9.17) is 5.73 Å². The summed E-state index contributed by atoms with van der Waals surface area (Å²) >= 11 is 1.71. The van der Waals surface area contributed by atoms with Gasteiger partial charge in [0.2, 0.25) is 0 Å². The van der Waals surface area contributed by atoms with Gasteiger partial charge in [0.25, 0.3) is 0 Å². The number of rotatable bonds is 4. The van der Waals surface area contributed by atoms with Gasteiger partial charge >= 0.3 is 0 Å². The summed E-state index contributed by atoms with van der Waals surface area (Å²) < 4.78 is 13.4. The summed E-state index contributed by atoms with van der Waals surface area (Å²) in [7, 11) is 0. The third kappa shape index (κ3) is 3.07. The van der Waals surface area contributed by atoms with Crippen molar-refractivity contribution in [3.63, 3.8) is 0 Å². The standard InChI is InChI=1S/C15H19FN2S/c1-9(2)15(14-5-4-6-19-14)18-13-7-10(3)11(16)8-12(13)17/h4-9,15,18H,17H2,1-3H3. The predicted molar refractivity (Wildman–Crippen MR) is 81.1 cm³/mol. The van der Waals surface area contributed by atoms with E-state index >= 15 is 0 Å². The first-order chi connectivity index (χ1) is 8.99. The van der Waals surface area contributed by atoms with Crippen LogP contribution in [0.2, 0.25) is 0 Å². The van der Waals surface area contributed by atoms with E-state index in [2.05, 4.69) is 30.6 Å². The van der Waals surface area contributed by atoms with Gasteiger partial charge in [0.15, 0.2) is 0 Å². The highest BCUT2D eigenvalue weighted by molar-refractivity contribution is 7.10. The zero-order chi connectivity index (χ0) is 14.0. The van der Waals surface area contributed by atoms with Gasteiger partial charge in [-0.3, -0.25) is 0 Å². The van der Waals surface area contributed by atoms with Gasteiger partial charge in [0.05, 0.1) is 17.4 Å². The average Bonchev–Trinajstić information content (AvgIpc) is 2.85. The Morgan fingerprint density at radius 1 is 1.32 bits per heavy atom. The van der Waals surface area contributed by atoms with Crippen LogP contribution in [0.4, 0.5) is 15.8 Å². The summed E-state index contributed by atoms with van der Waals surface area (Å²) in [5, 5.41) is 5.50. The number of anilines is 2. The molecule has 102 valence electrons. The lowest BCUT2D eigenvalue weighted by Gasteiger charge is -2.23. The first-order valence-electron chi connectivity index (χ1n) is 6.34. The molecule has 0 fully saturated rings. The smallest absolute Gasteiger partial charge is 0.128 e. The number of nitrogen functional groups attached to an aromatic ring is 1. The minimum absolute atomic E-state index is 0.187. The Morgan fingerprint density at radius 3 is 2.63 bits per heavy atom. The van der Waals surface area contributed by atoms with Crippen molar-refractivity contribution in [2.24, 2.45) is 5.92 Å². The molecule has 0 aliphatic heterocycles. The van der Waals surface area contributed by atoms with Crippen LogP contribution in [0.5, 0.6) is 0 Å². The maximum absolute atomic E-state index is 13.4. The van der Waals surface area contributed by atoms with Crippen molar-refractivity contribution in [2.45, 2.75) is 26.8 Å². The molecule has 0 spiro atoms. The van der Waals surface area contributed by atoms with Gasteiger partial charge in [-0.15, -0.1) is 11.3 Å². The molecule has 0 radical (unpaired) electrons. The number of hydrogen-bond acceptors (Lipinski definition) is 3. The van der Waals surface area contributed by atoms with Crippen LogP contribution in [0.25, 0.3) is 0 Å². The number of nitrogens with two attached hydrogens (primary N) is 1. The Kier molecular flexibility index (Phi) is 4.10. The highest BCUT2D eigenvalue weighted by Crippen LogP contribution is 2.32. The molecule has 3 N–H and O–H groups in total. The Hall–Kier alpha value is -1.55. The van der Waals surface area contributed by atoms with Gasteiger partial charge < -0.3 is 11.1 Å². The number of nitrogens with one attached hydrogen (secondary N) is 1. The van der Waals surface area contributed by atoms with Gasteiger partial charge in [-0.1, -0.05) is 19.9 Å². The van der Waals surface area contributed by atoms with Crippen LogP contribution in [0.15, 0.2) is 29.6 Å². The number of thiophene rings is 1. The molecule has 0 saturated carbocycles. The van der Waals surface area contributed by atoms with E-state index in [0.717, 1.165) is 5.69 Å². The van der Waals surface area contributed by atoms with Crippen LogP contribution >= 0.6 is 11.3 Å². The molecule has 0 saturated heterocycles. The highest BCUT2D eigenvalue weighted by atomic mass is 32.1. The molecule has 1 heterocycles. The van der Waals surface area contributed by atoms with Crippen molar-refractivity contribution in [2.75, 3.05) is 11.1 Å². The van der Waals surface area contributed by atoms with Crippen molar-refractivity contribution in [3.05, 3.63) is 45.9 Å². The largest absolute Gasteiger partial charge is 0.397 e. The molecule has 19 heavy (non-hydrogen) atoms. The Bertz CT molecular complexity index is 550. The summed E-state index contributed by atoms with van der Waals surface area (Å²) in [6.07, 6.45) is 0. The Labute approximate surface area is 117 Å². The molecular formula is C15H19FN2S.